The minimum Gasteiger partial charge on any atom is -0.481 e. The number of rotatable bonds is 3. The largest absolute Gasteiger partial charge is 0.481 e. The predicted molar refractivity (Wildman–Crippen MR) is 50.1 cm³/mol. The summed E-state index contributed by atoms with van der Waals surface area (Å²) in [7, 11) is 0. The van der Waals surface area contributed by atoms with Crippen LogP contribution in [-0.4, -0.2) is 21.0 Å². The third-order valence-corrected chi connectivity index (χ3v) is 1.99. The molecule has 5 nitrogen and oxygen atoms in total. The number of nitrogens with zero attached hydrogens (tertiary/aromatic N) is 1. The Bertz CT molecular complexity index is 363. The van der Waals surface area contributed by atoms with Gasteiger partial charge in [0.25, 0.3) is 0 Å². The van der Waals surface area contributed by atoms with Gasteiger partial charge in [-0.25, -0.2) is 9.78 Å². The maximum Gasteiger partial charge on any atom is 0.344 e. The number of hydrogen-bond acceptors (Lipinski definition) is 3. The van der Waals surface area contributed by atoms with Crippen LogP contribution in [0.25, 0.3) is 0 Å². The molecule has 76 valence electrons. The number of carbonyl (C=O) groups is 1. The lowest BCUT2D eigenvalue weighted by molar-refractivity contribution is -0.139. The van der Waals surface area contributed by atoms with E-state index in [1.165, 1.54) is 12.4 Å². The molecule has 0 radical (unpaired) electrons. The maximum absolute atomic E-state index is 10.9. The van der Waals surface area contributed by atoms with Crippen LogP contribution < -0.4 is 5.69 Å². The van der Waals surface area contributed by atoms with Gasteiger partial charge in [0.1, 0.15) is 0 Å². The van der Waals surface area contributed by atoms with Crippen molar-refractivity contribution < 1.29 is 9.90 Å². The molecular formula is C9H12N2O3. The molecule has 14 heavy (non-hydrogen) atoms. The first-order valence-electron chi connectivity index (χ1n) is 4.30. The summed E-state index contributed by atoms with van der Waals surface area (Å²) in [5.41, 5.74) is 0.0498. The van der Waals surface area contributed by atoms with E-state index in [9.17, 15) is 9.59 Å². The third-order valence-electron chi connectivity index (χ3n) is 1.99. The molecule has 0 bridgehead atoms. The predicted octanol–water partition coefficient (Wildman–Crippen LogP) is 0.594. The quantitative estimate of drug-likeness (QED) is 0.741. The van der Waals surface area contributed by atoms with Crippen molar-refractivity contribution in [2.45, 2.75) is 19.8 Å². The lowest BCUT2D eigenvalue weighted by Crippen LogP contribution is -2.20. The van der Waals surface area contributed by atoms with Crippen LogP contribution in [-0.2, 0) is 4.79 Å². The van der Waals surface area contributed by atoms with Crippen LogP contribution in [0.4, 0.5) is 0 Å². The first-order chi connectivity index (χ1) is 6.52. The van der Waals surface area contributed by atoms with Gasteiger partial charge in [-0.1, -0.05) is 13.8 Å². The molecule has 1 aromatic heterocycles. The third kappa shape index (κ3) is 2.18. The zero-order valence-corrected chi connectivity index (χ0v) is 8.02. The molecule has 1 heterocycles. The summed E-state index contributed by atoms with van der Waals surface area (Å²) in [6, 6.07) is 0. The smallest absolute Gasteiger partial charge is 0.344 e. The van der Waals surface area contributed by atoms with Crippen LogP contribution in [0.5, 0.6) is 0 Å². The number of carboxylic acids is 1. The summed E-state index contributed by atoms with van der Waals surface area (Å²) in [5, 5.41) is 8.95. The van der Waals surface area contributed by atoms with E-state index >= 15 is 0 Å². The highest BCUT2D eigenvalue weighted by atomic mass is 16.4. The van der Waals surface area contributed by atoms with Crippen LogP contribution in [0.3, 0.4) is 0 Å². The number of aromatic nitrogens is 2. The molecule has 1 atom stereocenters. The molecule has 1 aromatic rings. The molecule has 0 aromatic carbocycles. The van der Waals surface area contributed by atoms with Gasteiger partial charge in [0, 0.05) is 18.0 Å². The second-order valence-electron chi connectivity index (χ2n) is 3.41. The average molecular weight is 196 g/mol. The Morgan fingerprint density at radius 3 is 2.57 bits per heavy atom. The van der Waals surface area contributed by atoms with Crippen molar-refractivity contribution in [2.75, 3.05) is 0 Å². The van der Waals surface area contributed by atoms with Gasteiger partial charge in [0.2, 0.25) is 0 Å². The van der Waals surface area contributed by atoms with Crippen molar-refractivity contribution in [2.24, 2.45) is 5.92 Å². The van der Waals surface area contributed by atoms with Gasteiger partial charge in [-0.15, -0.1) is 0 Å². The normalized spacial score (nSPS) is 12.8. The Balaban J connectivity index is 3.06. The van der Waals surface area contributed by atoms with E-state index in [1.807, 2.05) is 13.8 Å². The first kappa shape index (κ1) is 10.4. The fourth-order valence-electron chi connectivity index (χ4n) is 1.34. The Kier molecular flexibility index (Phi) is 3.01. The van der Waals surface area contributed by atoms with Gasteiger partial charge in [-0.05, 0) is 5.92 Å². The summed E-state index contributed by atoms with van der Waals surface area (Å²) in [6.07, 6.45) is 2.70. The number of aliphatic carboxylic acids is 1. The fraction of sp³-hybridized carbons (Fsp3) is 0.444. The molecule has 1 unspecified atom stereocenters. The van der Waals surface area contributed by atoms with Crippen molar-refractivity contribution in [3.8, 4) is 0 Å². The molecule has 0 saturated heterocycles. The number of aromatic amines is 1. The lowest BCUT2D eigenvalue weighted by Gasteiger charge is -2.15. The van der Waals surface area contributed by atoms with Crippen LogP contribution in [0, 0.1) is 5.92 Å². The second kappa shape index (κ2) is 4.04. The number of nitrogens with one attached hydrogen (secondary N) is 1. The number of carboxylic acid groups (broad SMARTS) is 1. The monoisotopic (exact) mass is 196 g/mol. The molecule has 0 saturated carbocycles. The van der Waals surface area contributed by atoms with Gasteiger partial charge in [0.05, 0.1) is 5.92 Å². The number of H-pyrrole nitrogens is 1. The van der Waals surface area contributed by atoms with Gasteiger partial charge in [-0.3, -0.25) is 4.79 Å². The molecule has 0 aliphatic carbocycles. The van der Waals surface area contributed by atoms with E-state index in [1.54, 1.807) is 0 Å². The molecular weight excluding hydrogens is 184 g/mol. The van der Waals surface area contributed by atoms with Crippen LogP contribution in [0.1, 0.15) is 25.3 Å². The van der Waals surface area contributed by atoms with E-state index in [2.05, 4.69) is 9.97 Å². The van der Waals surface area contributed by atoms with E-state index in [-0.39, 0.29) is 5.92 Å². The topological polar surface area (TPSA) is 83.0 Å². The molecule has 0 fully saturated rings. The summed E-state index contributed by atoms with van der Waals surface area (Å²) in [5.74, 6) is -1.58. The zero-order chi connectivity index (χ0) is 10.7. The fourth-order valence-corrected chi connectivity index (χ4v) is 1.34. The van der Waals surface area contributed by atoms with E-state index in [0.717, 1.165) is 0 Å². The van der Waals surface area contributed by atoms with Crippen molar-refractivity contribution in [1.29, 1.82) is 0 Å². The highest BCUT2D eigenvalue weighted by molar-refractivity contribution is 5.76. The van der Waals surface area contributed by atoms with Crippen molar-refractivity contribution in [1.82, 2.24) is 9.97 Å². The molecule has 2 N–H and O–H groups in total. The SMILES string of the molecule is CC(C)C(C(=O)O)c1cnc(=O)[nH]c1. The zero-order valence-electron chi connectivity index (χ0n) is 8.02. The van der Waals surface area contributed by atoms with Crippen molar-refractivity contribution in [3.05, 3.63) is 28.4 Å². The Morgan fingerprint density at radius 2 is 2.21 bits per heavy atom. The summed E-state index contributed by atoms with van der Waals surface area (Å²) in [4.78, 5) is 27.4. The van der Waals surface area contributed by atoms with Crippen LogP contribution in [0.15, 0.2) is 17.2 Å². The molecule has 0 amide bonds. The Hall–Kier alpha value is -1.65. The molecule has 1 rings (SSSR count). The van der Waals surface area contributed by atoms with Gasteiger partial charge in [-0.2, -0.15) is 0 Å². The first-order valence-corrected chi connectivity index (χ1v) is 4.30. The summed E-state index contributed by atoms with van der Waals surface area (Å²) in [6.45, 7) is 3.62. The molecule has 0 aliphatic rings. The standard InChI is InChI=1S/C9H12N2O3/c1-5(2)7(8(12)13)6-3-10-9(14)11-4-6/h3-5,7H,1-2H3,(H,12,13)(H,10,11,14). The van der Waals surface area contributed by atoms with Crippen molar-refractivity contribution in [3.63, 3.8) is 0 Å². The van der Waals surface area contributed by atoms with E-state index in [4.69, 9.17) is 5.11 Å². The Labute approximate surface area is 80.8 Å². The average Bonchev–Trinajstić information content (AvgIpc) is 2.07. The van der Waals surface area contributed by atoms with Crippen LogP contribution in [0.2, 0.25) is 0 Å². The molecule has 0 aliphatic heterocycles. The van der Waals surface area contributed by atoms with E-state index in [0.29, 0.717) is 5.56 Å². The Morgan fingerprint density at radius 1 is 1.57 bits per heavy atom. The van der Waals surface area contributed by atoms with Gasteiger partial charge in [0.15, 0.2) is 0 Å². The second-order valence-corrected chi connectivity index (χ2v) is 3.41. The van der Waals surface area contributed by atoms with E-state index < -0.39 is 17.6 Å². The summed E-state index contributed by atoms with van der Waals surface area (Å²) < 4.78 is 0. The van der Waals surface area contributed by atoms with Gasteiger partial charge >= 0.3 is 11.7 Å². The van der Waals surface area contributed by atoms with Crippen molar-refractivity contribution >= 4 is 5.97 Å². The highest BCUT2D eigenvalue weighted by Crippen LogP contribution is 2.22. The minimum atomic E-state index is -0.908. The number of hydrogen-bond donors (Lipinski definition) is 2. The lowest BCUT2D eigenvalue weighted by atomic mass is 9.90. The highest BCUT2D eigenvalue weighted by Gasteiger charge is 2.23. The molecule has 0 spiro atoms. The summed E-state index contributed by atoms with van der Waals surface area (Å²) >= 11 is 0. The minimum absolute atomic E-state index is 0.0415. The molecule has 5 heteroatoms. The van der Waals surface area contributed by atoms with Crippen LogP contribution >= 0.6 is 0 Å². The maximum atomic E-state index is 10.9. The van der Waals surface area contributed by atoms with Gasteiger partial charge < -0.3 is 10.1 Å².